The van der Waals surface area contributed by atoms with E-state index in [2.05, 4.69) is 49.4 Å². The van der Waals surface area contributed by atoms with Crippen molar-refractivity contribution in [1.82, 2.24) is 9.55 Å². The number of anilines is 1. The van der Waals surface area contributed by atoms with Crippen molar-refractivity contribution >= 4 is 22.7 Å². The molecule has 0 saturated heterocycles. The van der Waals surface area contributed by atoms with Gasteiger partial charge in [0.05, 0.1) is 11.0 Å². The number of nitrogens with zero attached hydrogens (tertiary/aromatic N) is 2. The zero-order valence-electron chi connectivity index (χ0n) is 12.7. The average Bonchev–Trinajstić information content (AvgIpc) is 2.88. The Bertz CT molecular complexity index is 681. The summed E-state index contributed by atoms with van der Waals surface area (Å²) in [6.45, 7) is 9.28. The van der Waals surface area contributed by atoms with Crippen LogP contribution in [-0.4, -0.2) is 9.55 Å². The van der Waals surface area contributed by atoms with Crippen LogP contribution in [0.25, 0.3) is 16.7 Å². The molecule has 1 aliphatic carbocycles. The SMILES string of the molecule is CC(C)[C@]1(C)C(n2c(N)nc3ccccc32)=CCC1C. The van der Waals surface area contributed by atoms with Gasteiger partial charge in [0.1, 0.15) is 0 Å². The maximum absolute atomic E-state index is 6.21. The van der Waals surface area contributed by atoms with E-state index in [9.17, 15) is 0 Å². The van der Waals surface area contributed by atoms with E-state index in [4.69, 9.17) is 5.73 Å². The Kier molecular flexibility index (Phi) is 2.89. The number of benzene rings is 1. The zero-order valence-corrected chi connectivity index (χ0v) is 12.7. The topological polar surface area (TPSA) is 43.8 Å². The number of rotatable bonds is 2. The molecule has 106 valence electrons. The monoisotopic (exact) mass is 269 g/mol. The minimum Gasteiger partial charge on any atom is -0.369 e. The van der Waals surface area contributed by atoms with E-state index in [1.54, 1.807) is 0 Å². The molecule has 3 nitrogen and oxygen atoms in total. The molecular weight excluding hydrogens is 246 g/mol. The van der Waals surface area contributed by atoms with Gasteiger partial charge in [-0.3, -0.25) is 4.57 Å². The Hall–Kier alpha value is -1.77. The van der Waals surface area contributed by atoms with Gasteiger partial charge in [-0.05, 0) is 30.4 Å². The van der Waals surface area contributed by atoms with Crippen LogP contribution in [0, 0.1) is 17.3 Å². The Labute approximate surface area is 120 Å². The molecule has 20 heavy (non-hydrogen) atoms. The van der Waals surface area contributed by atoms with Crippen LogP contribution in [-0.2, 0) is 0 Å². The van der Waals surface area contributed by atoms with E-state index in [1.165, 1.54) is 5.70 Å². The first-order valence-electron chi connectivity index (χ1n) is 7.40. The Balaban J connectivity index is 2.23. The van der Waals surface area contributed by atoms with Crippen LogP contribution >= 0.6 is 0 Å². The highest BCUT2D eigenvalue weighted by molar-refractivity contribution is 5.84. The molecule has 3 heteroatoms. The number of imidazole rings is 1. The van der Waals surface area contributed by atoms with Crippen molar-refractivity contribution in [2.75, 3.05) is 5.73 Å². The largest absolute Gasteiger partial charge is 0.369 e. The van der Waals surface area contributed by atoms with Gasteiger partial charge in [-0.1, -0.05) is 45.9 Å². The molecule has 1 unspecified atom stereocenters. The van der Waals surface area contributed by atoms with Gasteiger partial charge in [-0.15, -0.1) is 0 Å². The third-order valence-electron chi connectivity index (χ3n) is 5.27. The van der Waals surface area contributed by atoms with Crippen molar-refractivity contribution in [2.24, 2.45) is 17.3 Å². The molecular formula is C17H23N3. The van der Waals surface area contributed by atoms with Crippen LogP contribution in [0.15, 0.2) is 30.3 Å². The van der Waals surface area contributed by atoms with Crippen LogP contribution in [0.3, 0.4) is 0 Å². The maximum atomic E-state index is 6.21. The number of hydrogen-bond donors (Lipinski definition) is 1. The van der Waals surface area contributed by atoms with E-state index in [0.717, 1.165) is 17.5 Å². The summed E-state index contributed by atoms with van der Waals surface area (Å²) >= 11 is 0. The molecule has 0 fully saturated rings. The summed E-state index contributed by atoms with van der Waals surface area (Å²) in [5.74, 6) is 1.78. The van der Waals surface area contributed by atoms with Gasteiger partial charge in [0.15, 0.2) is 0 Å². The van der Waals surface area contributed by atoms with Crippen LogP contribution in [0.4, 0.5) is 5.95 Å². The Morgan fingerprint density at radius 1 is 1.35 bits per heavy atom. The van der Waals surface area contributed by atoms with Crippen molar-refractivity contribution < 1.29 is 0 Å². The van der Waals surface area contributed by atoms with Crippen molar-refractivity contribution in [3.05, 3.63) is 30.3 Å². The van der Waals surface area contributed by atoms with Gasteiger partial charge >= 0.3 is 0 Å². The van der Waals surface area contributed by atoms with Crippen LogP contribution < -0.4 is 5.73 Å². The fourth-order valence-corrected chi connectivity index (χ4v) is 3.50. The molecule has 3 rings (SSSR count). The quantitative estimate of drug-likeness (QED) is 0.889. The molecule has 1 heterocycles. The van der Waals surface area contributed by atoms with E-state index in [1.807, 2.05) is 18.2 Å². The number of allylic oxidation sites excluding steroid dienone is 2. The lowest BCUT2D eigenvalue weighted by atomic mass is 9.70. The van der Waals surface area contributed by atoms with Crippen LogP contribution in [0.2, 0.25) is 0 Å². The number of fused-ring (bicyclic) bond motifs is 1. The lowest BCUT2D eigenvalue weighted by Gasteiger charge is -2.37. The second-order valence-corrected chi connectivity index (χ2v) is 6.46. The molecule has 0 amide bonds. The zero-order chi connectivity index (χ0) is 14.5. The standard InChI is InChI=1S/C17H23N3/c1-11(2)17(4)12(3)9-10-15(17)20-14-8-6-5-7-13(14)19-16(20)18/h5-8,10-12H,9H2,1-4H3,(H2,18,19)/t12?,17-/m0/s1. The number of hydrogen-bond acceptors (Lipinski definition) is 2. The maximum Gasteiger partial charge on any atom is 0.205 e. The van der Waals surface area contributed by atoms with Gasteiger partial charge in [0.2, 0.25) is 5.95 Å². The molecule has 2 N–H and O–H groups in total. The average molecular weight is 269 g/mol. The molecule has 0 saturated carbocycles. The molecule has 0 radical (unpaired) electrons. The fourth-order valence-electron chi connectivity index (χ4n) is 3.50. The van der Waals surface area contributed by atoms with Crippen molar-refractivity contribution in [1.29, 1.82) is 0 Å². The Morgan fingerprint density at radius 2 is 2.05 bits per heavy atom. The fraction of sp³-hybridized carbons (Fsp3) is 0.471. The summed E-state index contributed by atoms with van der Waals surface area (Å²) in [5, 5.41) is 0. The summed E-state index contributed by atoms with van der Waals surface area (Å²) in [6, 6.07) is 8.18. The predicted molar refractivity (Wildman–Crippen MR) is 85.1 cm³/mol. The summed E-state index contributed by atoms with van der Waals surface area (Å²) in [7, 11) is 0. The smallest absolute Gasteiger partial charge is 0.205 e. The molecule has 1 aromatic heterocycles. The lowest BCUT2D eigenvalue weighted by molar-refractivity contribution is 0.216. The van der Waals surface area contributed by atoms with E-state index < -0.39 is 0 Å². The molecule has 1 aromatic carbocycles. The number of nitrogens with two attached hydrogens (primary N) is 1. The highest BCUT2D eigenvalue weighted by Crippen LogP contribution is 2.52. The first-order chi connectivity index (χ1) is 9.46. The summed E-state index contributed by atoms with van der Waals surface area (Å²) in [4.78, 5) is 4.51. The number of nitrogen functional groups attached to an aromatic ring is 1. The minimum absolute atomic E-state index is 0.136. The van der Waals surface area contributed by atoms with Crippen LogP contribution in [0.5, 0.6) is 0 Å². The second kappa shape index (κ2) is 4.37. The highest BCUT2D eigenvalue weighted by atomic mass is 15.2. The molecule has 0 bridgehead atoms. The highest BCUT2D eigenvalue weighted by Gasteiger charge is 2.43. The van der Waals surface area contributed by atoms with E-state index in [-0.39, 0.29) is 5.41 Å². The number of aromatic nitrogens is 2. The third-order valence-corrected chi connectivity index (χ3v) is 5.27. The normalized spacial score (nSPS) is 26.4. The van der Waals surface area contributed by atoms with Gasteiger partial charge in [0.25, 0.3) is 0 Å². The molecule has 0 spiro atoms. The molecule has 1 aliphatic rings. The van der Waals surface area contributed by atoms with E-state index in [0.29, 0.717) is 17.8 Å². The second-order valence-electron chi connectivity index (χ2n) is 6.46. The first-order valence-corrected chi connectivity index (χ1v) is 7.40. The molecule has 0 aliphatic heterocycles. The summed E-state index contributed by atoms with van der Waals surface area (Å²) in [5.41, 5.74) is 9.74. The first kappa shape index (κ1) is 13.2. The van der Waals surface area contributed by atoms with Gasteiger partial charge in [-0.25, -0.2) is 4.98 Å². The van der Waals surface area contributed by atoms with Gasteiger partial charge in [0, 0.05) is 11.1 Å². The Morgan fingerprint density at radius 3 is 2.75 bits per heavy atom. The molecule has 2 aromatic rings. The lowest BCUT2D eigenvalue weighted by Crippen LogP contribution is -2.31. The van der Waals surface area contributed by atoms with Crippen LogP contribution in [0.1, 0.15) is 34.1 Å². The van der Waals surface area contributed by atoms with E-state index >= 15 is 0 Å². The summed E-state index contributed by atoms with van der Waals surface area (Å²) in [6.07, 6.45) is 3.45. The predicted octanol–water partition coefficient (Wildman–Crippen LogP) is 4.16. The van der Waals surface area contributed by atoms with Gasteiger partial charge in [-0.2, -0.15) is 0 Å². The van der Waals surface area contributed by atoms with Gasteiger partial charge < -0.3 is 5.73 Å². The summed E-state index contributed by atoms with van der Waals surface area (Å²) < 4.78 is 2.15. The van der Waals surface area contributed by atoms with Crippen molar-refractivity contribution in [3.8, 4) is 0 Å². The minimum atomic E-state index is 0.136. The molecule has 2 atom stereocenters. The van der Waals surface area contributed by atoms with Crippen molar-refractivity contribution in [2.45, 2.75) is 34.1 Å². The van der Waals surface area contributed by atoms with Crippen molar-refractivity contribution in [3.63, 3.8) is 0 Å². The number of para-hydroxylation sites is 2. The third kappa shape index (κ3) is 1.62.